The van der Waals surface area contributed by atoms with Crippen LogP contribution in [0, 0.1) is 0 Å². The van der Waals surface area contributed by atoms with Gasteiger partial charge in [0, 0.05) is 11.9 Å². The topological polar surface area (TPSA) is 93.1 Å². The molecule has 0 saturated heterocycles. The van der Waals surface area contributed by atoms with Gasteiger partial charge in [0.05, 0.1) is 5.54 Å². The lowest BCUT2D eigenvalue weighted by Crippen LogP contribution is -2.35. The molecule has 2 N–H and O–H groups in total. The van der Waals surface area contributed by atoms with E-state index in [1.54, 1.807) is 10.9 Å². The van der Waals surface area contributed by atoms with Crippen LogP contribution in [0.4, 0.5) is 10.5 Å². The second-order valence-corrected chi connectivity index (χ2v) is 10.2. The third kappa shape index (κ3) is 3.41. The fourth-order valence-corrected chi connectivity index (χ4v) is 4.94. The zero-order valence-corrected chi connectivity index (χ0v) is 17.3. The van der Waals surface area contributed by atoms with Crippen LogP contribution in [0.5, 0.6) is 0 Å². The SMILES string of the molecule is CC(C)(C)n1ccc(S(=O)(=O)NC(=O)Nc2c3c(cc4c2CCC4)CCC3)n1. The molecule has 2 amide bonds. The molecule has 1 aromatic heterocycles. The molecule has 2 aliphatic rings. The molecule has 0 unspecified atom stereocenters. The predicted octanol–water partition coefficient (Wildman–Crippen LogP) is 3.13. The fraction of sp³-hybridized carbons (Fsp3) is 0.500. The van der Waals surface area contributed by atoms with Crippen molar-refractivity contribution >= 4 is 21.7 Å². The third-order valence-corrected chi connectivity index (χ3v) is 6.69. The van der Waals surface area contributed by atoms with E-state index in [1.807, 2.05) is 20.8 Å². The molecule has 2 aromatic rings. The van der Waals surface area contributed by atoms with Crippen molar-refractivity contribution in [3.8, 4) is 0 Å². The molecule has 0 radical (unpaired) electrons. The van der Waals surface area contributed by atoms with Gasteiger partial charge in [-0.1, -0.05) is 6.07 Å². The Morgan fingerprint density at radius 2 is 1.68 bits per heavy atom. The van der Waals surface area contributed by atoms with E-state index in [2.05, 4.69) is 21.2 Å². The van der Waals surface area contributed by atoms with Gasteiger partial charge in [-0.2, -0.15) is 13.5 Å². The number of sulfonamides is 1. The standard InChI is InChI=1S/C20H26N4O3S/c1-20(2,3)24-11-10-17(22-24)28(26,27)23-19(25)21-18-15-8-4-6-13(15)12-14-7-5-9-16(14)18/h10-12H,4-9H2,1-3H3,(H2,21,23,25). The summed E-state index contributed by atoms with van der Waals surface area (Å²) < 4.78 is 28.9. The monoisotopic (exact) mass is 402 g/mol. The largest absolute Gasteiger partial charge is 0.333 e. The van der Waals surface area contributed by atoms with Gasteiger partial charge in [-0.25, -0.2) is 9.52 Å². The van der Waals surface area contributed by atoms with Gasteiger partial charge in [0.1, 0.15) is 0 Å². The van der Waals surface area contributed by atoms with Crippen LogP contribution in [-0.2, 0) is 41.2 Å². The van der Waals surface area contributed by atoms with E-state index < -0.39 is 16.1 Å². The highest BCUT2D eigenvalue weighted by Gasteiger charge is 2.27. The van der Waals surface area contributed by atoms with Gasteiger partial charge in [0.25, 0.3) is 10.0 Å². The highest BCUT2D eigenvalue weighted by molar-refractivity contribution is 7.90. The smallest absolute Gasteiger partial charge is 0.307 e. The van der Waals surface area contributed by atoms with Gasteiger partial charge < -0.3 is 5.32 Å². The summed E-state index contributed by atoms with van der Waals surface area (Å²) in [6.45, 7) is 5.77. The van der Waals surface area contributed by atoms with Crippen LogP contribution in [-0.4, -0.2) is 24.2 Å². The lowest BCUT2D eigenvalue weighted by Gasteiger charge is -2.18. The maximum atomic E-state index is 12.6. The maximum Gasteiger partial charge on any atom is 0.333 e. The van der Waals surface area contributed by atoms with Crippen molar-refractivity contribution in [2.45, 2.75) is 69.9 Å². The Balaban J connectivity index is 1.56. The Hall–Kier alpha value is -2.35. The van der Waals surface area contributed by atoms with Gasteiger partial charge in [0.15, 0.2) is 5.03 Å². The number of nitrogens with one attached hydrogen (secondary N) is 2. The number of urea groups is 1. The second-order valence-electron chi connectivity index (χ2n) is 8.56. The van der Waals surface area contributed by atoms with Gasteiger partial charge in [-0.3, -0.25) is 4.68 Å². The molecule has 7 nitrogen and oxygen atoms in total. The number of hydrogen-bond acceptors (Lipinski definition) is 4. The number of carbonyl (C=O) groups is 1. The summed E-state index contributed by atoms with van der Waals surface area (Å²) >= 11 is 0. The Labute approximate surface area is 165 Å². The van der Waals surface area contributed by atoms with Crippen LogP contribution in [0.25, 0.3) is 0 Å². The molecule has 0 bridgehead atoms. The molecule has 150 valence electrons. The highest BCUT2D eigenvalue weighted by Crippen LogP contribution is 2.38. The van der Waals surface area contributed by atoms with Crippen molar-refractivity contribution in [3.63, 3.8) is 0 Å². The lowest BCUT2D eigenvalue weighted by molar-refractivity contribution is 0.256. The van der Waals surface area contributed by atoms with Crippen LogP contribution in [0.1, 0.15) is 55.9 Å². The molecule has 0 aliphatic heterocycles. The first-order valence-corrected chi connectivity index (χ1v) is 11.2. The van der Waals surface area contributed by atoms with E-state index in [-0.39, 0.29) is 10.6 Å². The molecule has 4 rings (SSSR count). The summed E-state index contributed by atoms with van der Waals surface area (Å²) in [5.74, 6) is 0. The average molecular weight is 403 g/mol. The van der Waals surface area contributed by atoms with Gasteiger partial charge in [0.2, 0.25) is 0 Å². The number of carbonyl (C=O) groups excluding carboxylic acids is 1. The molecular formula is C20H26N4O3S. The number of aromatic nitrogens is 2. The molecule has 0 spiro atoms. The quantitative estimate of drug-likeness (QED) is 0.825. The average Bonchev–Trinajstić information content (AvgIpc) is 3.33. The summed E-state index contributed by atoms with van der Waals surface area (Å²) in [4.78, 5) is 12.6. The van der Waals surface area contributed by atoms with Crippen molar-refractivity contribution in [2.24, 2.45) is 0 Å². The predicted molar refractivity (Wildman–Crippen MR) is 107 cm³/mol. The minimum Gasteiger partial charge on any atom is -0.307 e. The molecule has 0 saturated carbocycles. The number of aryl methyl sites for hydroxylation is 2. The number of nitrogens with zero attached hydrogens (tertiary/aromatic N) is 2. The molecule has 0 fully saturated rings. The second kappa shape index (κ2) is 6.62. The molecule has 1 heterocycles. The Morgan fingerprint density at radius 3 is 2.21 bits per heavy atom. The molecule has 1 aromatic carbocycles. The van der Waals surface area contributed by atoms with Crippen molar-refractivity contribution in [1.82, 2.24) is 14.5 Å². The molecular weight excluding hydrogens is 376 g/mol. The van der Waals surface area contributed by atoms with Crippen LogP contribution >= 0.6 is 0 Å². The van der Waals surface area contributed by atoms with Crippen LogP contribution < -0.4 is 10.0 Å². The molecule has 2 aliphatic carbocycles. The zero-order valence-electron chi connectivity index (χ0n) is 16.5. The number of fused-ring (bicyclic) bond motifs is 2. The van der Waals surface area contributed by atoms with E-state index in [1.165, 1.54) is 17.2 Å². The third-order valence-electron chi connectivity index (χ3n) is 5.47. The molecule has 0 atom stereocenters. The van der Waals surface area contributed by atoms with E-state index in [4.69, 9.17) is 0 Å². The van der Waals surface area contributed by atoms with Crippen molar-refractivity contribution < 1.29 is 13.2 Å². The first kappa shape index (κ1) is 19.0. The van der Waals surface area contributed by atoms with Gasteiger partial charge in [-0.15, -0.1) is 0 Å². The molecule has 28 heavy (non-hydrogen) atoms. The number of rotatable bonds is 3. The summed E-state index contributed by atoms with van der Waals surface area (Å²) in [6, 6.07) is 2.93. The number of benzene rings is 1. The van der Waals surface area contributed by atoms with E-state index in [0.29, 0.717) is 0 Å². The van der Waals surface area contributed by atoms with E-state index >= 15 is 0 Å². The first-order chi connectivity index (χ1) is 13.1. The van der Waals surface area contributed by atoms with E-state index in [0.717, 1.165) is 55.3 Å². The van der Waals surface area contributed by atoms with Crippen LogP contribution in [0.2, 0.25) is 0 Å². The maximum absolute atomic E-state index is 12.6. The lowest BCUT2D eigenvalue weighted by atomic mass is 9.99. The Morgan fingerprint density at radius 1 is 1.07 bits per heavy atom. The Bertz CT molecular complexity index is 1020. The van der Waals surface area contributed by atoms with Gasteiger partial charge in [-0.05, 0) is 87.6 Å². The first-order valence-electron chi connectivity index (χ1n) is 9.71. The van der Waals surface area contributed by atoms with Crippen LogP contribution in [0.3, 0.4) is 0 Å². The summed E-state index contributed by atoms with van der Waals surface area (Å²) in [6.07, 6.45) is 7.60. The van der Waals surface area contributed by atoms with E-state index in [9.17, 15) is 13.2 Å². The summed E-state index contributed by atoms with van der Waals surface area (Å²) in [5, 5.41) is 6.79. The fourth-order valence-electron chi connectivity index (χ4n) is 4.10. The normalized spacial score (nSPS) is 16.0. The van der Waals surface area contributed by atoms with Gasteiger partial charge >= 0.3 is 6.03 Å². The summed E-state index contributed by atoms with van der Waals surface area (Å²) in [5.41, 5.74) is 5.34. The van der Waals surface area contributed by atoms with Crippen molar-refractivity contribution in [2.75, 3.05) is 5.32 Å². The van der Waals surface area contributed by atoms with Crippen molar-refractivity contribution in [1.29, 1.82) is 0 Å². The minimum atomic E-state index is -4.04. The zero-order chi connectivity index (χ0) is 20.1. The number of amides is 2. The highest BCUT2D eigenvalue weighted by atomic mass is 32.2. The number of anilines is 1. The molecule has 8 heteroatoms. The van der Waals surface area contributed by atoms with Crippen LogP contribution in [0.15, 0.2) is 23.4 Å². The number of hydrogen-bond donors (Lipinski definition) is 2. The Kier molecular flexibility index (Phi) is 4.49. The van der Waals surface area contributed by atoms with Crippen molar-refractivity contribution in [3.05, 3.63) is 40.6 Å². The minimum absolute atomic E-state index is 0.166. The summed E-state index contributed by atoms with van der Waals surface area (Å²) in [7, 11) is -4.04.